The molecule has 7 rings (SSSR count). The summed E-state index contributed by atoms with van der Waals surface area (Å²) in [6.07, 6.45) is 0. The largest absolute Gasteiger partial charge is 0.344 e. The monoisotopic (exact) mass is 474 g/mol. The fourth-order valence-corrected chi connectivity index (χ4v) is 5.50. The summed E-state index contributed by atoms with van der Waals surface area (Å²) in [7, 11) is 2.16. The third-order valence-electron chi connectivity index (χ3n) is 7.34. The SMILES string of the molecule is Cn1c2ccc(N(c3ccccc3)c3cccc(-c4ccccc4)c3)cc2c2cc3ccccc3cc21. The van der Waals surface area contributed by atoms with Gasteiger partial charge in [0.15, 0.2) is 0 Å². The maximum Gasteiger partial charge on any atom is 0.0495 e. The average Bonchev–Trinajstić information content (AvgIpc) is 3.23. The maximum absolute atomic E-state index is 2.35. The first-order chi connectivity index (χ1) is 18.3. The summed E-state index contributed by atoms with van der Waals surface area (Å²) in [5, 5.41) is 5.08. The van der Waals surface area contributed by atoms with E-state index in [4.69, 9.17) is 0 Å². The Hall–Kier alpha value is -4.82. The van der Waals surface area contributed by atoms with Crippen molar-refractivity contribution in [3.63, 3.8) is 0 Å². The number of fused-ring (bicyclic) bond motifs is 4. The Morgan fingerprint density at radius 1 is 0.432 bits per heavy atom. The first-order valence-electron chi connectivity index (χ1n) is 12.7. The molecule has 0 unspecified atom stereocenters. The number of hydrogen-bond donors (Lipinski definition) is 0. The van der Waals surface area contributed by atoms with Crippen LogP contribution in [-0.4, -0.2) is 4.57 Å². The second-order valence-corrected chi connectivity index (χ2v) is 9.56. The fraction of sp³-hybridized carbons (Fsp3) is 0.0286. The highest BCUT2D eigenvalue weighted by atomic mass is 15.1. The van der Waals surface area contributed by atoms with E-state index in [1.165, 1.54) is 43.7 Å². The first-order valence-corrected chi connectivity index (χ1v) is 12.7. The van der Waals surface area contributed by atoms with Crippen molar-refractivity contribution in [2.45, 2.75) is 0 Å². The molecule has 2 heteroatoms. The lowest BCUT2D eigenvalue weighted by atomic mass is 10.0. The maximum atomic E-state index is 2.35. The molecule has 0 bridgehead atoms. The quantitative estimate of drug-likeness (QED) is 0.246. The molecular formula is C35H26N2. The van der Waals surface area contributed by atoms with Gasteiger partial charge in [-0.3, -0.25) is 0 Å². The predicted molar refractivity (Wildman–Crippen MR) is 158 cm³/mol. The van der Waals surface area contributed by atoms with Gasteiger partial charge in [-0.2, -0.15) is 0 Å². The minimum absolute atomic E-state index is 1.14. The number of hydrogen-bond acceptors (Lipinski definition) is 1. The van der Waals surface area contributed by atoms with Crippen LogP contribution in [0.25, 0.3) is 43.7 Å². The molecule has 1 heterocycles. The van der Waals surface area contributed by atoms with E-state index in [-0.39, 0.29) is 0 Å². The Bertz CT molecular complexity index is 1880. The number of rotatable bonds is 4. The van der Waals surface area contributed by atoms with E-state index in [1.807, 2.05) is 0 Å². The zero-order valence-electron chi connectivity index (χ0n) is 20.7. The van der Waals surface area contributed by atoms with Gasteiger partial charge in [0.1, 0.15) is 0 Å². The van der Waals surface area contributed by atoms with E-state index in [2.05, 4.69) is 156 Å². The van der Waals surface area contributed by atoms with Gasteiger partial charge in [-0.05, 0) is 76.5 Å². The molecule has 0 saturated carbocycles. The Morgan fingerprint density at radius 3 is 1.81 bits per heavy atom. The van der Waals surface area contributed by atoms with Crippen LogP contribution >= 0.6 is 0 Å². The van der Waals surface area contributed by atoms with Crippen LogP contribution in [0.1, 0.15) is 0 Å². The van der Waals surface area contributed by atoms with Crippen molar-refractivity contribution >= 4 is 49.6 Å². The highest BCUT2D eigenvalue weighted by Crippen LogP contribution is 2.40. The molecule has 0 aliphatic heterocycles. The Labute approximate surface area is 216 Å². The van der Waals surface area contributed by atoms with Gasteiger partial charge >= 0.3 is 0 Å². The van der Waals surface area contributed by atoms with Crippen molar-refractivity contribution in [2.24, 2.45) is 7.05 Å². The van der Waals surface area contributed by atoms with Crippen LogP contribution in [0, 0.1) is 0 Å². The third kappa shape index (κ3) is 3.66. The zero-order chi connectivity index (χ0) is 24.8. The van der Waals surface area contributed by atoms with Gasteiger partial charge < -0.3 is 9.47 Å². The molecule has 0 saturated heterocycles. The van der Waals surface area contributed by atoms with E-state index >= 15 is 0 Å². The summed E-state index contributed by atoms with van der Waals surface area (Å²) in [4.78, 5) is 2.35. The molecule has 7 aromatic rings. The topological polar surface area (TPSA) is 8.17 Å². The van der Waals surface area contributed by atoms with E-state index in [9.17, 15) is 0 Å². The second-order valence-electron chi connectivity index (χ2n) is 9.56. The van der Waals surface area contributed by atoms with Crippen molar-refractivity contribution in [3.05, 3.63) is 140 Å². The predicted octanol–water partition coefficient (Wildman–Crippen LogP) is 9.62. The smallest absolute Gasteiger partial charge is 0.0495 e. The zero-order valence-corrected chi connectivity index (χ0v) is 20.7. The number of para-hydroxylation sites is 1. The molecule has 37 heavy (non-hydrogen) atoms. The Morgan fingerprint density at radius 2 is 1.03 bits per heavy atom. The summed E-state index contributed by atoms with van der Waals surface area (Å²) >= 11 is 0. The molecule has 0 aliphatic rings. The van der Waals surface area contributed by atoms with Crippen LogP contribution in [-0.2, 0) is 7.05 Å². The van der Waals surface area contributed by atoms with Gasteiger partial charge in [-0.15, -0.1) is 0 Å². The van der Waals surface area contributed by atoms with Crippen LogP contribution in [0.4, 0.5) is 17.1 Å². The normalized spacial score (nSPS) is 11.4. The van der Waals surface area contributed by atoms with Crippen LogP contribution in [0.5, 0.6) is 0 Å². The number of anilines is 3. The minimum atomic E-state index is 1.14. The van der Waals surface area contributed by atoms with Crippen LogP contribution in [0.15, 0.2) is 140 Å². The fourth-order valence-electron chi connectivity index (χ4n) is 5.50. The van der Waals surface area contributed by atoms with Gasteiger partial charge in [0, 0.05) is 45.9 Å². The van der Waals surface area contributed by atoms with Crippen molar-refractivity contribution in [2.75, 3.05) is 4.90 Å². The standard InChI is InChI=1S/C35H26N2/c1-36-34-20-19-31(24-33(34)32-22-27-13-8-9-14-28(27)23-35(32)36)37(29-16-6-3-7-17-29)30-18-10-15-26(21-30)25-11-4-2-5-12-25/h2-24H,1H3. The van der Waals surface area contributed by atoms with Gasteiger partial charge in [-0.25, -0.2) is 0 Å². The molecule has 0 aliphatic carbocycles. The first kappa shape index (κ1) is 21.5. The summed E-state index contributed by atoms with van der Waals surface area (Å²) in [5.41, 5.74) is 8.33. The lowest BCUT2D eigenvalue weighted by Crippen LogP contribution is -2.09. The van der Waals surface area contributed by atoms with Gasteiger partial charge in [-0.1, -0.05) is 84.9 Å². The molecule has 0 atom stereocenters. The number of aryl methyl sites for hydroxylation is 1. The summed E-state index contributed by atoms with van der Waals surface area (Å²) in [6.45, 7) is 0. The molecule has 2 nitrogen and oxygen atoms in total. The molecule has 0 amide bonds. The van der Waals surface area contributed by atoms with Crippen molar-refractivity contribution in [3.8, 4) is 11.1 Å². The molecule has 1 aromatic heterocycles. The molecule has 0 fully saturated rings. The number of benzene rings is 6. The number of nitrogens with zero attached hydrogens (tertiary/aromatic N) is 2. The Kier molecular flexibility index (Phi) is 5.04. The third-order valence-corrected chi connectivity index (χ3v) is 7.34. The van der Waals surface area contributed by atoms with E-state index in [1.54, 1.807) is 0 Å². The van der Waals surface area contributed by atoms with Gasteiger partial charge in [0.05, 0.1) is 0 Å². The lowest BCUT2D eigenvalue weighted by Gasteiger charge is -2.26. The van der Waals surface area contributed by atoms with Crippen LogP contribution in [0.2, 0.25) is 0 Å². The van der Waals surface area contributed by atoms with Crippen LogP contribution < -0.4 is 4.90 Å². The number of aromatic nitrogens is 1. The Balaban J connectivity index is 1.45. The summed E-state index contributed by atoms with van der Waals surface area (Å²) in [6, 6.07) is 50.1. The summed E-state index contributed by atoms with van der Waals surface area (Å²) in [5.74, 6) is 0. The van der Waals surface area contributed by atoms with Gasteiger partial charge in [0.2, 0.25) is 0 Å². The van der Waals surface area contributed by atoms with Crippen LogP contribution in [0.3, 0.4) is 0 Å². The molecular weight excluding hydrogens is 448 g/mol. The minimum Gasteiger partial charge on any atom is -0.344 e. The highest BCUT2D eigenvalue weighted by Gasteiger charge is 2.16. The van der Waals surface area contributed by atoms with Crippen molar-refractivity contribution < 1.29 is 0 Å². The second kappa shape index (κ2) is 8.69. The average molecular weight is 475 g/mol. The highest BCUT2D eigenvalue weighted by molar-refractivity contribution is 6.13. The van der Waals surface area contributed by atoms with Crippen molar-refractivity contribution in [1.82, 2.24) is 4.57 Å². The molecule has 176 valence electrons. The lowest BCUT2D eigenvalue weighted by molar-refractivity contribution is 1.01. The van der Waals surface area contributed by atoms with E-state index in [0.717, 1.165) is 17.1 Å². The van der Waals surface area contributed by atoms with Crippen molar-refractivity contribution in [1.29, 1.82) is 0 Å². The molecule has 6 aromatic carbocycles. The van der Waals surface area contributed by atoms with E-state index in [0.29, 0.717) is 0 Å². The van der Waals surface area contributed by atoms with Gasteiger partial charge in [0.25, 0.3) is 0 Å². The van der Waals surface area contributed by atoms with E-state index < -0.39 is 0 Å². The summed E-state index contributed by atoms with van der Waals surface area (Å²) < 4.78 is 2.31. The molecule has 0 N–H and O–H groups in total. The molecule has 0 radical (unpaired) electrons. The molecule has 0 spiro atoms.